The van der Waals surface area contributed by atoms with E-state index >= 15 is 0 Å². The van der Waals surface area contributed by atoms with Crippen LogP contribution in [0.4, 0.5) is 0 Å². The van der Waals surface area contributed by atoms with Gasteiger partial charge in [-0.25, -0.2) is 0 Å². The third-order valence-electron chi connectivity index (χ3n) is 3.04. The molecule has 0 spiro atoms. The first-order valence-corrected chi connectivity index (χ1v) is 6.85. The highest BCUT2D eigenvalue weighted by Crippen LogP contribution is 2.16. The van der Waals surface area contributed by atoms with Crippen LogP contribution >= 0.6 is 0 Å². The maximum atomic E-state index is 12.0. The molecule has 0 radical (unpaired) electrons. The zero-order chi connectivity index (χ0) is 16.4. The second-order valence-corrected chi connectivity index (χ2v) is 4.77. The van der Waals surface area contributed by atoms with Crippen molar-refractivity contribution in [2.24, 2.45) is 11.8 Å². The lowest BCUT2D eigenvalue weighted by Crippen LogP contribution is -2.23. The highest BCUT2D eigenvalue weighted by Gasteiger charge is 2.24. The van der Waals surface area contributed by atoms with Gasteiger partial charge in [-0.05, 0) is 18.4 Å². The minimum atomic E-state index is -0.960. The number of carbonyl (C=O) groups excluding carboxylic acids is 2. The zero-order valence-corrected chi connectivity index (χ0v) is 12.1. The molecule has 120 valence electrons. The van der Waals surface area contributed by atoms with Gasteiger partial charge in [-0.3, -0.25) is 14.4 Å². The van der Waals surface area contributed by atoms with Crippen LogP contribution in [0, 0.1) is 5.92 Å². The van der Waals surface area contributed by atoms with E-state index in [2.05, 4.69) is 4.84 Å². The van der Waals surface area contributed by atoms with Crippen molar-refractivity contribution >= 4 is 17.9 Å². The highest BCUT2D eigenvalue weighted by molar-refractivity contribution is 5.79. The van der Waals surface area contributed by atoms with E-state index in [0.717, 1.165) is 5.56 Å². The molecule has 0 aromatic heterocycles. The fourth-order valence-electron chi connectivity index (χ4n) is 1.90. The Morgan fingerprint density at radius 2 is 1.86 bits per heavy atom. The minimum Gasteiger partial charge on any atom is -0.481 e. The summed E-state index contributed by atoms with van der Waals surface area (Å²) in [5, 5.41) is 8.62. The highest BCUT2D eigenvalue weighted by atomic mass is 16.7. The van der Waals surface area contributed by atoms with Gasteiger partial charge in [0.2, 0.25) is 0 Å². The van der Waals surface area contributed by atoms with Gasteiger partial charge >= 0.3 is 17.9 Å². The molecule has 0 amide bonds. The van der Waals surface area contributed by atoms with Crippen LogP contribution < -0.4 is 5.90 Å². The van der Waals surface area contributed by atoms with Crippen molar-refractivity contribution in [3.05, 3.63) is 35.9 Å². The molecule has 1 aromatic rings. The smallest absolute Gasteiger partial charge is 0.325 e. The van der Waals surface area contributed by atoms with Crippen LogP contribution in [-0.2, 0) is 30.6 Å². The standard InChI is InChI=1S/C15H19NO6/c16-22-14(19)9-12(7-4-8-13(17)18)15(20)21-10-11-5-2-1-3-6-11/h1-3,5-6,12H,4,7-10,16H2,(H,17,18). The third-order valence-corrected chi connectivity index (χ3v) is 3.04. The maximum absolute atomic E-state index is 12.0. The zero-order valence-electron chi connectivity index (χ0n) is 12.1. The van der Waals surface area contributed by atoms with Gasteiger partial charge in [0.15, 0.2) is 0 Å². The van der Waals surface area contributed by atoms with Crippen molar-refractivity contribution in [2.75, 3.05) is 0 Å². The van der Waals surface area contributed by atoms with Crippen LogP contribution in [-0.4, -0.2) is 23.0 Å². The van der Waals surface area contributed by atoms with E-state index in [-0.39, 0.29) is 32.3 Å². The van der Waals surface area contributed by atoms with Crippen LogP contribution in [0.3, 0.4) is 0 Å². The number of carbonyl (C=O) groups is 3. The first-order chi connectivity index (χ1) is 10.5. The van der Waals surface area contributed by atoms with Crippen molar-refractivity contribution in [3.8, 4) is 0 Å². The molecule has 7 heteroatoms. The molecule has 0 bridgehead atoms. The number of nitrogens with two attached hydrogens (primary N) is 1. The van der Waals surface area contributed by atoms with Gasteiger partial charge in [-0.2, -0.15) is 5.90 Å². The number of esters is 1. The van der Waals surface area contributed by atoms with E-state index in [0.29, 0.717) is 0 Å². The van der Waals surface area contributed by atoms with E-state index in [1.807, 2.05) is 18.2 Å². The van der Waals surface area contributed by atoms with Crippen molar-refractivity contribution in [1.29, 1.82) is 0 Å². The maximum Gasteiger partial charge on any atom is 0.325 e. The van der Waals surface area contributed by atoms with E-state index in [1.54, 1.807) is 12.1 Å². The molecule has 1 rings (SSSR count). The van der Waals surface area contributed by atoms with Gasteiger partial charge in [0.25, 0.3) is 0 Å². The summed E-state index contributed by atoms with van der Waals surface area (Å²) in [5.41, 5.74) is 0.821. The molecule has 0 fully saturated rings. The molecule has 0 saturated heterocycles. The van der Waals surface area contributed by atoms with Gasteiger partial charge in [0, 0.05) is 6.42 Å². The van der Waals surface area contributed by atoms with E-state index in [1.165, 1.54) is 0 Å². The number of aliphatic carboxylic acids is 1. The molecule has 3 N–H and O–H groups in total. The van der Waals surface area contributed by atoms with E-state index < -0.39 is 23.8 Å². The average molecular weight is 309 g/mol. The molecular formula is C15H19NO6. The van der Waals surface area contributed by atoms with Gasteiger partial charge in [0.1, 0.15) is 6.61 Å². The SMILES string of the molecule is NOC(=O)CC(CCCC(=O)O)C(=O)OCc1ccccc1. The number of hydrogen-bond donors (Lipinski definition) is 2. The molecule has 0 heterocycles. The van der Waals surface area contributed by atoms with Crippen molar-refractivity contribution < 1.29 is 29.1 Å². The predicted octanol–water partition coefficient (Wildman–Crippen LogP) is 1.41. The summed E-state index contributed by atoms with van der Waals surface area (Å²) in [6.45, 7) is 0.0901. The Balaban J connectivity index is 2.53. The second-order valence-electron chi connectivity index (χ2n) is 4.77. The summed E-state index contributed by atoms with van der Waals surface area (Å²) in [4.78, 5) is 37.8. The lowest BCUT2D eigenvalue weighted by Gasteiger charge is -2.14. The first kappa shape index (κ1) is 17.6. The van der Waals surface area contributed by atoms with Crippen molar-refractivity contribution in [1.82, 2.24) is 0 Å². The lowest BCUT2D eigenvalue weighted by molar-refractivity contribution is -0.156. The minimum absolute atomic E-state index is 0.0832. The molecule has 1 aromatic carbocycles. The number of carboxylic acids is 1. The molecular weight excluding hydrogens is 290 g/mol. The normalized spacial score (nSPS) is 11.5. The molecule has 7 nitrogen and oxygen atoms in total. The summed E-state index contributed by atoms with van der Waals surface area (Å²) in [6.07, 6.45) is 0.164. The van der Waals surface area contributed by atoms with Crippen molar-refractivity contribution in [2.45, 2.75) is 32.3 Å². The van der Waals surface area contributed by atoms with Crippen LogP contribution in [0.25, 0.3) is 0 Å². The van der Waals surface area contributed by atoms with Crippen molar-refractivity contribution in [3.63, 3.8) is 0 Å². The number of rotatable bonds is 9. The summed E-state index contributed by atoms with van der Waals surface area (Å²) in [7, 11) is 0. The average Bonchev–Trinajstić information content (AvgIpc) is 2.52. The van der Waals surface area contributed by atoms with Crippen LogP contribution in [0.5, 0.6) is 0 Å². The fourth-order valence-corrected chi connectivity index (χ4v) is 1.90. The largest absolute Gasteiger partial charge is 0.481 e. The summed E-state index contributed by atoms with van der Waals surface area (Å²) in [6, 6.07) is 9.09. The third kappa shape index (κ3) is 6.85. The Hall–Kier alpha value is -2.41. The number of hydrogen-bond acceptors (Lipinski definition) is 6. The summed E-state index contributed by atoms with van der Waals surface area (Å²) < 4.78 is 5.16. The van der Waals surface area contributed by atoms with Crippen LogP contribution in [0.15, 0.2) is 30.3 Å². The number of benzene rings is 1. The second kappa shape index (κ2) is 9.51. The fraction of sp³-hybridized carbons (Fsp3) is 0.400. The first-order valence-electron chi connectivity index (χ1n) is 6.85. The molecule has 0 aliphatic heterocycles. The van der Waals surface area contributed by atoms with E-state index in [9.17, 15) is 14.4 Å². The quantitative estimate of drug-likeness (QED) is 0.523. The van der Waals surface area contributed by atoms with Crippen LogP contribution in [0.2, 0.25) is 0 Å². The predicted molar refractivity (Wildman–Crippen MR) is 76.1 cm³/mol. The molecule has 0 saturated carbocycles. The monoisotopic (exact) mass is 309 g/mol. The Morgan fingerprint density at radius 3 is 2.45 bits per heavy atom. The number of ether oxygens (including phenoxy) is 1. The molecule has 0 aliphatic rings. The van der Waals surface area contributed by atoms with Gasteiger partial charge in [0.05, 0.1) is 12.3 Å². The number of carboxylic acid groups (broad SMARTS) is 1. The van der Waals surface area contributed by atoms with Gasteiger partial charge in [-0.1, -0.05) is 30.3 Å². The molecule has 1 atom stereocenters. The Kier molecular flexibility index (Phi) is 7.63. The van der Waals surface area contributed by atoms with Gasteiger partial charge in [-0.15, -0.1) is 0 Å². The lowest BCUT2D eigenvalue weighted by atomic mass is 9.98. The Morgan fingerprint density at radius 1 is 1.18 bits per heavy atom. The summed E-state index contributed by atoms with van der Waals surface area (Å²) >= 11 is 0. The Bertz CT molecular complexity index is 502. The Labute approximate surface area is 128 Å². The summed E-state index contributed by atoms with van der Waals surface area (Å²) in [5.74, 6) is 1.73. The van der Waals surface area contributed by atoms with Gasteiger partial charge < -0.3 is 14.7 Å². The molecule has 1 unspecified atom stereocenters. The molecule has 0 aliphatic carbocycles. The van der Waals surface area contributed by atoms with Crippen LogP contribution in [0.1, 0.15) is 31.2 Å². The topological polar surface area (TPSA) is 116 Å². The van der Waals surface area contributed by atoms with E-state index in [4.69, 9.17) is 15.7 Å². The molecule has 22 heavy (non-hydrogen) atoms.